The number of carbonyl (C=O) groups is 1. The van der Waals surface area contributed by atoms with Crippen LogP contribution in [0.4, 0.5) is 0 Å². The molecule has 1 aromatic carbocycles. The Morgan fingerprint density at radius 3 is 2.74 bits per heavy atom. The minimum absolute atomic E-state index is 0.0766. The van der Waals surface area contributed by atoms with E-state index in [2.05, 4.69) is 0 Å². The third-order valence-corrected chi connectivity index (χ3v) is 3.84. The van der Waals surface area contributed by atoms with E-state index in [0.29, 0.717) is 5.75 Å². The van der Waals surface area contributed by atoms with Crippen molar-refractivity contribution in [1.29, 1.82) is 0 Å². The minimum Gasteiger partial charge on any atom is -0.484 e. The second-order valence-corrected chi connectivity index (χ2v) is 5.24. The number of amides is 1. The van der Waals surface area contributed by atoms with E-state index in [1.165, 1.54) is 6.42 Å². The van der Waals surface area contributed by atoms with Crippen molar-refractivity contribution in [2.45, 2.75) is 32.6 Å². The second kappa shape index (κ2) is 6.80. The first-order valence-electron chi connectivity index (χ1n) is 6.89. The zero-order valence-corrected chi connectivity index (χ0v) is 12.1. The largest absolute Gasteiger partial charge is 0.484 e. The molecular formula is C15H20ClNO2. The molecule has 0 bridgehead atoms. The first kappa shape index (κ1) is 14.2. The summed E-state index contributed by atoms with van der Waals surface area (Å²) in [6.07, 6.45) is 4.29. The van der Waals surface area contributed by atoms with Crippen LogP contribution in [-0.2, 0) is 11.2 Å². The first-order valence-corrected chi connectivity index (χ1v) is 7.27. The Bertz CT molecular complexity index is 442. The molecule has 4 heteroatoms. The predicted octanol–water partition coefficient (Wildman–Crippen LogP) is 3.29. The molecule has 1 amide bonds. The number of ether oxygens (including phenoxy) is 1. The van der Waals surface area contributed by atoms with E-state index in [0.717, 1.165) is 42.9 Å². The van der Waals surface area contributed by atoms with Gasteiger partial charge < -0.3 is 9.64 Å². The summed E-state index contributed by atoms with van der Waals surface area (Å²) in [6.45, 7) is 3.89. The Labute approximate surface area is 119 Å². The summed E-state index contributed by atoms with van der Waals surface area (Å²) in [7, 11) is 0. The van der Waals surface area contributed by atoms with Gasteiger partial charge in [0.15, 0.2) is 6.61 Å². The number of nitrogens with zero attached hydrogens (tertiary/aromatic N) is 1. The predicted molar refractivity (Wildman–Crippen MR) is 76.8 cm³/mol. The second-order valence-electron chi connectivity index (χ2n) is 4.84. The fourth-order valence-electron chi connectivity index (χ4n) is 2.29. The van der Waals surface area contributed by atoms with Gasteiger partial charge in [0.2, 0.25) is 0 Å². The minimum atomic E-state index is 0.0766. The maximum Gasteiger partial charge on any atom is 0.260 e. The molecule has 3 nitrogen and oxygen atoms in total. The molecule has 19 heavy (non-hydrogen) atoms. The summed E-state index contributed by atoms with van der Waals surface area (Å²) in [5.41, 5.74) is 1.05. The highest BCUT2D eigenvalue weighted by molar-refractivity contribution is 6.31. The molecule has 0 saturated carbocycles. The third kappa shape index (κ3) is 3.87. The number of halogens is 1. The van der Waals surface area contributed by atoms with Gasteiger partial charge in [0, 0.05) is 18.1 Å². The number of benzene rings is 1. The van der Waals surface area contributed by atoms with Crippen LogP contribution in [0.3, 0.4) is 0 Å². The molecule has 104 valence electrons. The van der Waals surface area contributed by atoms with Crippen LogP contribution < -0.4 is 4.74 Å². The first-order chi connectivity index (χ1) is 9.20. The highest BCUT2D eigenvalue weighted by atomic mass is 35.5. The average Bonchev–Trinajstić information content (AvgIpc) is 2.47. The van der Waals surface area contributed by atoms with Gasteiger partial charge in [-0.3, -0.25) is 4.79 Å². The number of likely N-dealkylation sites (tertiary alicyclic amines) is 1. The molecule has 1 saturated heterocycles. The summed E-state index contributed by atoms with van der Waals surface area (Å²) in [4.78, 5) is 13.9. The van der Waals surface area contributed by atoms with Crippen LogP contribution in [0.5, 0.6) is 5.75 Å². The van der Waals surface area contributed by atoms with Crippen molar-refractivity contribution >= 4 is 17.5 Å². The van der Waals surface area contributed by atoms with Gasteiger partial charge in [-0.25, -0.2) is 0 Å². The number of carbonyl (C=O) groups excluding carboxylic acids is 1. The van der Waals surface area contributed by atoms with E-state index in [9.17, 15) is 4.79 Å². The van der Waals surface area contributed by atoms with Crippen LogP contribution in [0.25, 0.3) is 0 Å². The fraction of sp³-hybridized carbons (Fsp3) is 0.533. The fourth-order valence-corrected chi connectivity index (χ4v) is 2.54. The lowest BCUT2D eigenvalue weighted by Crippen LogP contribution is -2.38. The van der Waals surface area contributed by atoms with Gasteiger partial charge in [-0.2, -0.15) is 0 Å². The summed E-state index contributed by atoms with van der Waals surface area (Å²) in [6, 6.07) is 5.54. The number of aryl methyl sites for hydroxylation is 1. The van der Waals surface area contributed by atoms with Crippen molar-refractivity contribution < 1.29 is 9.53 Å². The maximum absolute atomic E-state index is 12.0. The molecule has 1 heterocycles. The Balaban J connectivity index is 1.89. The van der Waals surface area contributed by atoms with E-state index in [1.807, 2.05) is 30.0 Å². The van der Waals surface area contributed by atoms with Gasteiger partial charge in [-0.15, -0.1) is 0 Å². The molecule has 2 rings (SSSR count). The van der Waals surface area contributed by atoms with Crippen LogP contribution in [-0.4, -0.2) is 30.5 Å². The Morgan fingerprint density at radius 1 is 1.32 bits per heavy atom. The molecule has 0 unspecified atom stereocenters. The maximum atomic E-state index is 12.0. The van der Waals surface area contributed by atoms with Gasteiger partial charge in [0.05, 0.1) is 0 Å². The highest BCUT2D eigenvalue weighted by Gasteiger charge is 2.16. The highest BCUT2D eigenvalue weighted by Crippen LogP contribution is 2.22. The van der Waals surface area contributed by atoms with Crippen molar-refractivity contribution in [2.75, 3.05) is 19.7 Å². The summed E-state index contributed by atoms with van der Waals surface area (Å²) in [5, 5.41) is 0.747. The van der Waals surface area contributed by atoms with Crippen molar-refractivity contribution in [1.82, 2.24) is 4.90 Å². The molecule has 0 radical (unpaired) electrons. The SMILES string of the molecule is CCc1cc(OCC(=O)N2CCCCC2)ccc1Cl. The molecule has 1 aromatic rings. The molecule has 0 aliphatic carbocycles. The van der Waals surface area contributed by atoms with Gasteiger partial charge in [-0.05, 0) is 49.4 Å². The van der Waals surface area contributed by atoms with Crippen molar-refractivity contribution in [2.24, 2.45) is 0 Å². The van der Waals surface area contributed by atoms with Crippen LogP contribution >= 0.6 is 11.6 Å². The van der Waals surface area contributed by atoms with Gasteiger partial charge in [0.25, 0.3) is 5.91 Å². The summed E-state index contributed by atoms with van der Waals surface area (Å²) in [5.74, 6) is 0.791. The normalized spacial score (nSPS) is 15.4. The van der Waals surface area contributed by atoms with Crippen LogP contribution in [0, 0.1) is 0 Å². The molecule has 0 aromatic heterocycles. The van der Waals surface area contributed by atoms with Gasteiger partial charge in [-0.1, -0.05) is 18.5 Å². The Morgan fingerprint density at radius 2 is 2.05 bits per heavy atom. The van der Waals surface area contributed by atoms with Crippen molar-refractivity contribution in [3.8, 4) is 5.75 Å². The Kier molecular flexibility index (Phi) is 5.08. The van der Waals surface area contributed by atoms with Crippen LogP contribution in [0.2, 0.25) is 5.02 Å². The standard InChI is InChI=1S/C15H20ClNO2/c1-2-12-10-13(6-7-14(12)16)19-11-15(18)17-8-4-3-5-9-17/h6-7,10H,2-5,8-9,11H2,1H3. The van der Waals surface area contributed by atoms with E-state index >= 15 is 0 Å². The molecule has 0 N–H and O–H groups in total. The summed E-state index contributed by atoms with van der Waals surface area (Å²) < 4.78 is 5.57. The number of hydrogen-bond acceptors (Lipinski definition) is 2. The molecule has 1 aliphatic heterocycles. The number of hydrogen-bond donors (Lipinski definition) is 0. The molecule has 0 atom stereocenters. The van der Waals surface area contributed by atoms with E-state index in [4.69, 9.17) is 16.3 Å². The van der Waals surface area contributed by atoms with Crippen LogP contribution in [0.1, 0.15) is 31.7 Å². The van der Waals surface area contributed by atoms with Crippen molar-refractivity contribution in [3.63, 3.8) is 0 Å². The van der Waals surface area contributed by atoms with Gasteiger partial charge >= 0.3 is 0 Å². The summed E-state index contributed by atoms with van der Waals surface area (Å²) >= 11 is 6.05. The molecule has 1 fully saturated rings. The van der Waals surface area contributed by atoms with E-state index < -0.39 is 0 Å². The van der Waals surface area contributed by atoms with E-state index in [1.54, 1.807) is 0 Å². The molecular weight excluding hydrogens is 262 g/mol. The third-order valence-electron chi connectivity index (χ3n) is 3.47. The number of piperidine rings is 1. The quantitative estimate of drug-likeness (QED) is 0.847. The zero-order chi connectivity index (χ0) is 13.7. The zero-order valence-electron chi connectivity index (χ0n) is 11.3. The molecule has 1 aliphatic rings. The lowest BCUT2D eigenvalue weighted by Gasteiger charge is -2.26. The number of rotatable bonds is 4. The Hall–Kier alpha value is -1.22. The van der Waals surface area contributed by atoms with Crippen LogP contribution in [0.15, 0.2) is 18.2 Å². The monoisotopic (exact) mass is 281 g/mol. The lowest BCUT2D eigenvalue weighted by molar-refractivity contribution is -0.134. The topological polar surface area (TPSA) is 29.5 Å². The molecule has 0 spiro atoms. The van der Waals surface area contributed by atoms with E-state index in [-0.39, 0.29) is 12.5 Å². The van der Waals surface area contributed by atoms with Crippen molar-refractivity contribution in [3.05, 3.63) is 28.8 Å². The average molecular weight is 282 g/mol. The smallest absolute Gasteiger partial charge is 0.260 e. The van der Waals surface area contributed by atoms with Gasteiger partial charge in [0.1, 0.15) is 5.75 Å². The lowest BCUT2D eigenvalue weighted by atomic mass is 10.1.